The number of nitrogens with zero attached hydrogens (tertiary/aromatic N) is 1. The average Bonchev–Trinajstić information content (AvgIpc) is 2.37. The van der Waals surface area contributed by atoms with Crippen molar-refractivity contribution in [1.82, 2.24) is 0 Å². The summed E-state index contributed by atoms with van der Waals surface area (Å²) >= 11 is 0. The topological polar surface area (TPSA) is 50.7 Å². The lowest BCUT2D eigenvalue weighted by molar-refractivity contribution is 0.187. The molecular weight excluding hydrogens is 240 g/mol. The van der Waals surface area contributed by atoms with Crippen LogP contribution in [-0.4, -0.2) is 19.9 Å². The van der Waals surface area contributed by atoms with Gasteiger partial charge in [0.1, 0.15) is 0 Å². The summed E-state index contributed by atoms with van der Waals surface area (Å²) in [5.41, 5.74) is 2.23. The molecule has 0 atom stereocenters. The first-order chi connectivity index (χ1) is 9.24. The number of hydrogen-bond acceptors (Lipinski definition) is 3. The molecule has 0 saturated heterocycles. The van der Waals surface area contributed by atoms with Crippen LogP contribution in [0.1, 0.15) is 24.8 Å². The lowest BCUT2D eigenvalue weighted by Crippen LogP contribution is -2.11. The molecule has 0 unspecified atom stereocenters. The van der Waals surface area contributed by atoms with Gasteiger partial charge in [-0.25, -0.2) is 4.79 Å². The predicted molar refractivity (Wildman–Crippen MR) is 78.1 cm³/mol. The van der Waals surface area contributed by atoms with E-state index in [1.807, 2.05) is 12.1 Å². The molecule has 1 aromatic carbocycles. The van der Waals surface area contributed by atoms with E-state index in [4.69, 9.17) is 0 Å². The monoisotopic (exact) mass is 258 g/mol. The molecule has 0 aromatic heterocycles. The largest absolute Gasteiger partial charge is 0.453 e. The van der Waals surface area contributed by atoms with Gasteiger partial charge in [0.2, 0.25) is 0 Å². The van der Waals surface area contributed by atoms with Gasteiger partial charge >= 0.3 is 6.09 Å². The van der Waals surface area contributed by atoms with Crippen LogP contribution < -0.4 is 5.32 Å². The van der Waals surface area contributed by atoms with E-state index >= 15 is 0 Å². The van der Waals surface area contributed by atoms with Crippen LogP contribution in [-0.2, 0) is 4.74 Å². The van der Waals surface area contributed by atoms with Gasteiger partial charge in [-0.05, 0) is 31.5 Å². The Kier molecular flexibility index (Phi) is 4.34. The van der Waals surface area contributed by atoms with Crippen molar-refractivity contribution < 1.29 is 9.53 Å². The molecule has 4 heteroatoms. The van der Waals surface area contributed by atoms with Crippen molar-refractivity contribution in [2.45, 2.75) is 19.3 Å². The van der Waals surface area contributed by atoms with Crippen molar-refractivity contribution in [1.29, 1.82) is 0 Å². The van der Waals surface area contributed by atoms with Gasteiger partial charge in [-0.3, -0.25) is 10.3 Å². The minimum absolute atomic E-state index is 0.509. The summed E-state index contributed by atoms with van der Waals surface area (Å²) in [6.45, 7) is 3.57. The van der Waals surface area contributed by atoms with Gasteiger partial charge in [-0.1, -0.05) is 30.7 Å². The third kappa shape index (κ3) is 3.22. The number of nitrogens with one attached hydrogen (secondary N) is 1. The van der Waals surface area contributed by atoms with Crippen LogP contribution in [0.3, 0.4) is 0 Å². The highest BCUT2D eigenvalue weighted by Gasteiger charge is 2.14. The Morgan fingerprint density at radius 2 is 2.32 bits per heavy atom. The van der Waals surface area contributed by atoms with Crippen LogP contribution in [0.15, 0.2) is 29.3 Å². The fourth-order valence-corrected chi connectivity index (χ4v) is 2.01. The van der Waals surface area contributed by atoms with Gasteiger partial charge in [0.05, 0.1) is 18.5 Å². The molecule has 1 N–H and O–H groups in total. The van der Waals surface area contributed by atoms with Gasteiger partial charge in [-0.2, -0.15) is 0 Å². The number of aliphatic imine (C=N–C) groups is 1. The molecule has 0 spiro atoms. The highest BCUT2D eigenvalue weighted by atomic mass is 16.5. The van der Waals surface area contributed by atoms with Gasteiger partial charge in [0.25, 0.3) is 0 Å². The molecular formula is C15H18N2O2. The van der Waals surface area contributed by atoms with E-state index < -0.39 is 6.09 Å². The number of allylic oxidation sites excluding steroid dienone is 1. The van der Waals surface area contributed by atoms with Crippen molar-refractivity contribution in [2.24, 2.45) is 10.9 Å². The van der Waals surface area contributed by atoms with Crippen LogP contribution in [0.5, 0.6) is 0 Å². The molecule has 0 bridgehead atoms. The SMILES string of the molecule is C=Nc1c(/C=C/C2CCC2)cccc1NC(=O)OC. The zero-order chi connectivity index (χ0) is 13.7. The first-order valence-electron chi connectivity index (χ1n) is 6.37. The summed E-state index contributed by atoms with van der Waals surface area (Å²) in [7, 11) is 1.33. The number of amides is 1. The normalized spacial score (nSPS) is 15.0. The maximum atomic E-state index is 11.3. The Hall–Kier alpha value is -2.10. The summed E-state index contributed by atoms with van der Waals surface area (Å²) in [6.07, 6.45) is 7.57. The smallest absolute Gasteiger partial charge is 0.411 e. The maximum absolute atomic E-state index is 11.3. The first kappa shape index (κ1) is 13.3. The van der Waals surface area contributed by atoms with Crippen molar-refractivity contribution in [3.8, 4) is 0 Å². The minimum atomic E-state index is -0.509. The van der Waals surface area contributed by atoms with Crippen LogP contribution in [0.4, 0.5) is 16.2 Å². The van der Waals surface area contributed by atoms with E-state index in [-0.39, 0.29) is 0 Å². The number of benzene rings is 1. The van der Waals surface area contributed by atoms with Gasteiger partial charge in [-0.15, -0.1) is 0 Å². The summed E-state index contributed by atoms with van der Waals surface area (Å²) in [6, 6.07) is 5.61. The molecule has 1 fully saturated rings. The number of rotatable bonds is 4. The second-order valence-corrected chi connectivity index (χ2v) is 4.57. The van der Waals surface area contributed by atoms with Crippen molar-refractivity contribution in [2.75, 3.05) is 12.4 Å². The molecule has 1 saturated carbocycles. The molecule has 0 aliphatic heterocycles. The van der Waals surface area contributed by atoms with E-state index in [9.17, 15) is 4.79 Å². The van der Waals surface area contributed by atoms with Crippen LogP contribution in [0, 0.1) is 5.92 Å². The number of methoxy groups -OCH3 is 1. The number of anilines is 1. The fraction of sp³-hybridized carbons (Fsp3) is 0.333. The summed E-state index contributed by atoms with van der Waals surface area (Å²) in [4.78, 5) is 15.3. The Balaban J connectivity index is 2.22. The molecule has 19 heavy (non-hydrogen) atoms. The molecule has 2 rings (SSSR count). The third-order valence-electron chi connectivity index (χ3n) is 3.35. The number of hydrogen-bond donors (Lipinski definition) is 1. The summed E-state index contributed by atoms with van der Waals surface area (Å²) < 4.78 is 4.59. The minimum Gasteiger partial charge on any atom is -0.453 e. The lowest BCUT2D eigenvalue weighted by atomic mass is 9.85. The van der Waals surface area contributed by atoms with Gasteiger partial charge in [0, 0.05) is 5.56 Å². The Bertz CT molecular complexity index is 505. The Morgan fingerprint density at radius 1 is 1.53 bits per heavy atom. The molecule has 4 nitrogen and oxygen atoms in total. The second-order valence-electron chi connectivity index (χ2n) is 4.57. The molecule has 1 amide bonds. The van der Waals surface area contributed by atoms with Crippen LogP contribution in [0.2, 0.25) is 0 Å². The summed E-state index contributed by atoms with van der Waals surface area (Å²) in [5, 5.41) is 2.64. The first-order valence-corrected chi connectivity index (χ1v) is 6.37. The molecule has 0 heterocycles. The highest BCUT2D eigenvalue weighted by Crippen LogP contribution is 2.32. The standard InChI is InChI=1S/C15H18N2O2/c1-16-14-12(10-9-11-5-3-6-11)7-4-8-13(14)17-15(18)19-2/h4,7-11H,1,3,5-6H2,2H3,(H,17,18)/b10-9+. The Morgan fingerprint density at radius 3 is 2.89 bits per heavy atom. The van der Waals surface area contributed by atoms with E-state index in [2.05, 4.69) is 33.9 Å². The molecule has 0 radical (unpaired) electrons. The van der Waals surface area contributed by atoms with Crippen molar-refractivity contribution in [3.63, 3.8) is 0 Å². The molecule has 1 aliphatic carbocycles. The zero-order valence-corrected chi connectivity index (χ0v) is 11.1. The van der Waals surface area contributed by atoms with Crippen molar-refractivity contribution in [3.05, 3.63) is 29.8 Å². The van der Waals surface area contributed by atoms with E-state index in [1.165, 1.54) is 26.4 Å². The number of carbonyl (C=O) groups is 1. The summed E-state index contributed by atoms with van der Waals surface area (Å²) in [5.74, 6) is 0.676. The van der Waals surface area contributed by atoms with Gasteiger partial charge < -0.3 is 4.74 Å². The second kappa shape index (κ2) is 6.18. The van der Waals surface area contributed by atoms with Gasteiger partial charge in [0.15, 0.2) is 0 Å². The van der Waals surface area contributed by atoms with Crippen LogP contribution in [0.25, 0.3) is 6.08 Å². The fourth-order valence-electron chi connectivity index (χ4n) is 2.01. The van der Waals surface area contributed by atoms with E-state index in [0.29, 0.717) is 17.3 Å². The van der Waals surface area contributed by atoms with Crippen molar-refractivity contribution >= 4 is 30.3 Å². The third-order valence-corrected chi connectivity index (χ3v) is 3.35. The van der Waals surface area contributed by atoms with E-state index in [1.54, 1.807) is 6.07 Å². The predicted octanol–water partition coefficient (Wildman–Crippen LogP) is 4.01. The molecule has 100 valence electrons. The maximum Gasteiger partial charge on any atom is 0.411 e. The number of para-hydroxylation sites is 1. The average molecular weight is 258 g/mol. The lowest BCUT2D eigenvalue weighted by Gasteiger charge is -2.21. The molecule has 1 aliphatic rings. The quantitative estimate of drug-likeness (QED) is 0.829. The highest BCUT2D eigenvalue weighted by molar-refractivity contribution is 5.91. The Labute approximate surface area is 113 Å². The van der Waals surface area contributed by atoms with Crippen LogP contribution >= 0.6 is 0 Å². The number of ether oxygens (including phenoxy) is 1. The molecule has 1 aromatic rings. The number of carbonyl (C=O) groups excluding carboxylic acids is 1. The van der Waals surface area contributed by atoms with E-state index in [0.717, 1.165) is 5.56 Å². The zero-order valence-electron chi connectivity index (χ0n) is 11.1.